The van der Waals surface area contributed by atoms with E-state index in [1.165, 1.54) is 12.1 Å². The minimum absolute atomic E-state index is 0.0357. The first-order chi connectivity index (χ1) is 9.99. The molecule has 1 N–H and O–H groups in total. The van der Waals surface area contributed by atoms with Crippen LogP contribution in [-0.4, -0.2) is 16.0 Å². The molecule has 0 aromatic heterocycles. The van der Waals surface area contributed by atoms with Crippen LogP contribution in [0.2, 0.25) is 0 Å². The molecule has 0 aliphatic heterocycles. The Morgan fingerprint density at radius 3 is 2.67 bits per heavy atom. The third-order valence-corrected chi connectivity index (χ3v) is 2.94. The topological polar surface area (TPSA) is 89.7 Å². The van der Waals surface area contributed by atoms with E-state index in [1.54, 1.807) is 37.3 Å². The van der Waals surface area contributed by atoms with Gasteiger partial charge in [-0.1, -0.05) is 23.8 Å². The van der Waals surface area contributed by atoms with Crippen LogP contribution >= 0.6 is 0 Å². The van der Waals surface area contributed by atoms with Crippen LogP contribution in [0.25, 0.3) is 0 Å². The van der Waals surface area contributed by atoms with E-state index < -0.39 is 10.9 Å². The van der Waals surface area contributed by atoms with Crippen molar-refractivity contribution in [3.8, 4) is 5.75 Å². The average molecular weight is 287 g/mol. The predicted molar refractivity (Wildman–Crippen MR) is 75.6 cm³/mol. The number of aromatic carboxylic acids is 1. The van der Waals surface area contributed by atoms with Crippen LogP contribution < -0.4 is 4.74 Å². The van der Waals surface area contributed by atoms with E-state index in [0.717, 1.165) is 5.56 Å². The quantitative estimate of drug-likeness (QED) is 0.673. The Morgan fingerprint density at radius 1 is 1.29 bits per heavy atom. The van der Waals surface area contributed by atoms with Gasteiger partial charge in [-0.05, 0) is 25.1 Å². The van der Waals surface area contributed by atoms with E-state index in [-0.39, 0.29) is 23.6 Å². The summed E-state index contributed by atoms with van der Waals surface area (Å²) in [5.41, 5.74) is 1.17. The number of nitro groups is 1. The van der Waals surface area contributed by atoms with Crippen LogP contribution in [0.1, 0.15) is 21.5 Å². The molecule has 0 bridgehead atoms. The number of carbonyl (C=O) groups is 1. The number of para-hydroxylation sites is 1. The van der Waals surface area contributed by atoms with Crippen molar-refractivity contribution in [2.45, 2.75) is 13.5 Å². The number of hydrogen-bond donors (Lipinski definition) is 1. The Kier molecular flexibility index (Phi) is 4.18. The van der Waals surface area contributed by atoms with Gasteiger partial charge in [-0.25, -0.2) is 4.79 Å². The molecule has 0 fully saturated rings. The van der Waals surface area contributed by atoms with Crippen molar-refractivity contribution >= 4 is 11.7 Å². The van der Waals surface area contributed by atoms with E-state index in [2.05, 4.69) is 0 Å². The fraction of sp³-hybridized carbons (Fsp3) is 0.133. The molecule has 0 atom stereocenters. The van der Waals surface area contributed by atoms with Crippen molar-refractivity contribution < 1.29 is 19.6 Å². The molecule has 0 aliphatic rings. The molecule has 6 heteroatoms. The fourth-order valence-electron chi connectivity index (χ4n) is 1.90. The van der Waals surface area contributed by atoms with Crippen LogP contribution in [0.3, 0.4) is 0 Å². The van der Waals surface area contributed by atoms with Crippen molar-refractivity contribution in [3.05, 3.63) is 69.3 Å². The molecule has 2 rings (SSSR count). The summed E-state index contributed by atoms with van der Waals surface area (Å²) in [5, 5.41) is 20.1. The lowest BCUT2D eigenvalue weighted by atomic mass is 10.1. The lowest BCUT2D eigenvalue weighted by Crippen LogP contribution is -2.05. The van der Waals surface area contributed by atoms with Gasteiger partial charge in [0.25, 0.3) is 5.69 Å². The SMILES string of the molecule is Cc1ccc(OCc2ccccc2[N+](=O)[O-])c(C(=O)O)c1. The molecule has 0 saturated carbocycles. The summed E-state index contributed by atoms with van der Waals surface area (Å²) >= 11 is 0. The van der Waals surface area contributed by atoms with Crippen LogP contribution in [0, 0.1) is 17.0 Å². The summed E-state index contributed by atoms with van der Waals surface area (Å²) in [6.45, 7) is 1.71. The minimum Gasteiger partial charge on any atom is -0.488 e. The monoisotopic (exact) mass is 287 g/mol. The second kappa shape index (κ2) is 6.04. The van der Waals surface area contributed by atoms with E-state index in [1.807, 2.05) is 0 Å². The second-order valence-corrected chi connectivity index (χ2v) is 4.48. The molecule has 2 aromatic rings. The molecule has 0 aliphatic carbocycles. The smallest absolute Gasteiger partial charge is 0.339 e. The summed E-state index contributed by atoms with van der Waals surface area (Å²) in [4.78, 5) is 21.6. The number of aryl methyl sites for hydroxylation is 1. The highest BCUT2D eigenvalue weighted by Crippen LogP contribution is 2.24. The highest BCUT2D eigenvalue weighted by molar-refractivity contribution is 5.91. The van der Waals surface area contributed by atoms with Crippen molar-refractivity contribution in [3.63, 3.8) is 0 Å². The van der Waals surface area contributed by atoms with Crippen molar-refractivity contribution in [2.75, 3.05) is 0 Å². The molecule has 0 radical (unpaired) electrons. The summed E-state index contributed by atoms with van der Waals surface area (Å²) in [6, 6.07) is 11.0. The average Bonchev–Trinajstić information content (AvgIpc) is 2.46. The lowest BCUT2D eigenvalue weighted by molar-refractivity contribution is -0.385. The Hall–Kier alpha value is -2.89. The van der Waals surface area contributed by atoms with E-state index in [9.17, 15) is 14.9 Å². The molecule has 0 amide bonds. The maximum absolute atomic E-state index is 11.2. The van der Waals surface area contributed by atoms with Crippen molar-refractivity contribution in [1.29, 1.82) is 0 Å². The van der Waals surface area contributed by atoms with Crippen LogP contribution in [0.15, 0.2) is 42.5 Å². The molecule has 108 valence electrons. The van der Waals surface area contributed by atoms with Gasteiger partial charge in [0, 0.05) is 6.07 Å². The highest BCUT2D eigenvalue weighted by Gasteiger charge is 2.15. The number of ether oxygens (including phenoxy) is 1. The van der Waals surface area contributed by atoms with Gasteiger partial charge in [0.2, 0.25) is 0 Å². The summed E-state index contributed by atoms with van der Waals surface area (Å²) in [5.74, 6) is -0.914. The Morgan fingerprint density at radius 2 is 2.00 bits per heavy atom. The molecule has 6 nitrogen and oxygen atoms in total. The van der Waals surface area contributed by atoms with Gasteiger partial charge in [-0.2, -0.15) is 0 Å². The zero-order valence-corrected chi connectivity index (χ0v) is 11.3. The first-order valence-electron chi connectivity index (χ1n) is 6.18. The van der Waals surface area contributed by atoms with Gasteiger partial charge in [0.15, 0.2) is 0 Å². The van der Waals surface area contributed by atoms with Gasteiger partial charge in [0.05, 0.1) is 10.5 Å². The summed E-state index contributed by atoms with van der Waals surface area (Å²) in [6.07, 6.45) is 0. The third kappa shape index (κ3) is 3.36. The number of benzene rings is 2. The zero-order valence-electron chi connectivity index (χ0n) is 11.3. The van der Waals surface area contributed by atoms with Gasteiger partial charge < -0.3 is 9.84 Å². The number of carboxylic acid groups (broad SMARTS) is 1. The van der Waals surface area contributed by atoms with E-state index in [4.69, 9.17) is 9.84 Å². The number of rotatable bonds is 5. The first-order valence-corrected chi connectivity index (χ1v) is 6.18. The largest absolute Gasteiger partial charge is 0.488 e. The Balaban J connectivity index is 2.25. The minimum atomic E-state index is -1.10. The maximum Gasteiger partial charge on any atom is 0.339 e. The Labute approximate surface area is 120 Å². The highest BCUT2D eigenvalue weighted by atomic mass is 16.6. The van der Waals surface area contributed by atoms with Crippen LogP contribution in [-0.2, 0) is 6.61 Å². The molecule has 0 saturated heterocycles. The second-order valence-electron chi connectivity index (χ2n) is 4.48. The summed E-state index contributed by atoms with van der Waals surface area (Å²) in [7, 11) is 0. The van der Waals surface area contributed by atoms with Gasteiger partial charge in [-0.15, -0.1) is 0 Å². The molecule has 21 heavy (non-hydrogen) atoms. The fourth-order valence-corrected chi connectivity index (χ4v) is 1.90. The maximum atomic E-state index is 11.2. The van der Waals surface area contributed by atoms with Gasteiger partial charge in [-0.3, -0.25) is 10.1 Å². The van der Waals surface area contributed by atoms with Crippen molar-refractivity contribution in [1.82, 2.24) is 0 Å². The van der Waals surface area contributed by atoms with Gasteiger partial charge in [0.1, 0.15) is 17.9 Å². The van der Waals surface area contributed by atoms with E-state index in [0.29, 0.717) is 5.56 Å². The third-order valence-electron chi connectivity index (χ3n) is 2.94. The molecular formula is C15H13NO5. The number of carboxylic acids is 1. The first kappa shape index (κ1) is 14.5. The zero-order chi connectivity index (χ0) is 15.4. The molecule has 2 aromatic carbocycles. The van der Waals surface area contributed by atoms with Crippen molar-refractivity contribution in [2.24, 2.45) is 0 Å². The normalized spacial score (nSPS) is 10.1. The molecule has 0 heterocycles. The van der Waals surface area contributed by atoms with E-state index >= 15 is 0 Å². The number of hydrogen-bond acceptors (Lipinski definition) is 4. The van der Waals surface area contributed by atoms with Crippen LogP contribution in [0.5, 0.6) is 5.75 Å². The molecular weight excluding hydrogens is 274 g/mol. The number of nitrogens with zero attached hydrogens (tertiary/aromatic N) is 1. The number of nitro benzene ring substituents is 1. The standard InChI is InChI=1S/C15H13NO5/c1-10-6-7-14(12(8-10)15(17)18)21-9-11-4-2-3-5-13(11)16(19)20/h2-8H,9H2,1H3,(H,17,18). The predicted octanol–water partition coefficient (Wildman–Crippen LogP) is 3.18. The summed E-state index contributed by atoms with van der Waals surface area (Å²) < 4.78 is 5.45. The lowest BCUT2D eigenvalue weighted by Gasteiger charge is -2.10. The van der Waals surface area contributed by atoms with Gasteiger partial charge >= 0.3 is 5.97 Å². The Bertz CT molecular complexity index is 696. The van der Waals surface area contributed by atoms with Crippen LogP contribution in [0.4, 0.5) is 5.69 Å². The molecule has 0 spiro atoms. The molecule has 0 unspecified atom stereocenters.